The van der Waals surface area contributed by atoms with Crippen LogP contribution in [0.4, 0.5) is 5.69 Å². The number of aryl methyl sites for hydroxylation is 1. The van der Waals surface area contributed by atoms with Crippen LogP contribution in [0.2, 0.25) is 0 Å². The Balaban J connectivity index is 2.51. The van der Waals surface area contributed by atoms with Crippen molar-refractivity contribution in [1.82, 2.24) is 20.1 Å². The lowest BCUT2D eigenvalue weighted by Crippen LogP contribution is -2.31. The van der Waals surface area contributed by atoms with Crippen molar-refractivity contribution in [3.05, 3.63) is 18.0 Å². The maximum Gasteiger partial charge on any atom is 0.267 e. The summed E-state index contributed by atoms with van der Waals surface area (Å²) >= 11 is 0. The van der Waals surface area contributed by atoms with Crippen LogP contribution in [-0.2, 0) is 16.6 Å². The molecule has 8 nitrogen and oxygen atoms in total. The molecule has 0 unspecified atom stereocenters. The van der Waals surface area contributed by atoms with Gasteiger partial charge in [0.05, 0.1) is 12.2 Å². The molecule has 0 spiro atoms. The summed E-state index contributed by atoms with van der Waals surface area (Å²) in [5.41, 5.74) is 0.978. The minimum absolute atomic E-state index is 0.101. The molecule has 0 radical (unpaired) electrons. The maximum absolute atomic E-state index is 12.1. The quantitative estimate of drug-likeness (QED) is 0.577. The molecule has 0 aromatic carbocycles. The van der Waals surface area contributed by atoms with Gasteiger partial charge in [-0.25, -0.2) is 0 Å². The summed E-state index contributed by atoms with van der Waals surface area (Å²) in [6.45, 7) is 2.73. The van der Waals surface area contributed by atoms with Crippen LogP contribution < -0.4 is 16.0 Å². The van der Waals surface area contributed by atoms with Crippen molar-refractivity contribution in [2.75, 3.05) is 39.0 Å². The van der Waals surface area contributed by atoms with E-state index in [0.717, 1.165) is 13.0 Å². The fourth-order valence-corrected chi connectivity index (χ4v) is 1.96. The van der Waals surface area contributed by atoms with Crippen LogP contribution in [0.1, 0.15) is 23.8 Å². The van der Waals surface area contributed by atoms with Crippen LogP contribution in [0.25, 0.3) is 0 Å². The third kappa shape index (κ3) is 6.96. The Hall–Kier alpha value is -2.35. The lowest BCUT2D eigenvalue weighted by atomic mass is 10.3. The summed E-state index contributed by atoms with van der Waals surface area (Å²) in [5.74, 6) is -0.802. The van der Waals surface area contributed by atoms with E-state index in [1.807, 2.05) is 14.1 Å². The molecule has 3 N–H and O–H groups in total. The first-order valence-corrected chi connectivity index (χ1v) is 7.43. The average Bonchev–Trinajstić information content (AvgIpc) is 2.81. The SMILES string of the molecule is CC(=O)NCC(=O)Nc1cc(C(=O)NCCCN(C)C)n(C)c1. The van der Waals surface area contributed by atoms with Gasteiger partial charge in [-0.1, -0.05) is 0 Å². The van der Waals surface area contributed by atoms with Crippen LogP contribution in [0.3, 0.4) is 0 Å². The molecular weight excluding hydrogens is 298 g/mol. The highest BCUT2D eigenvalue weighted by Gasteiger charge is 2.13. The minimum atomic E-state index is -0.344. The van der Waals surface area contributed by atoms with Crippen LogP contribution in [-0.4, -0.2) is 60.9 Å². The molecule has 0 aliphatic heterocycles. The number of amides is 3. The van der Waals surface area contributed by atoms with Crippen molar-refractivity contribution in [1.29, 1.82) is 0 Å². The maximum atomic E-state index is 12.1. The first-order chi connectivity index (χ1) is 10.8. The van der Waals surface area contributed by atoms with Gasteiger partial charge < -0.3 is 25.4 Å². The molecule has 3 amide bonds. The lowest BCUT2D eigenvalue weighted by molar-refractivity contribution is -0.122. The summed E-state index contributed by atoms with van der Waals surface area (Å²) in [4.78, 5) is 36.6. The largest absolute Gasteiger partial charge is 0.351 e. The minimum Gasteiger partial charge on any atom is -0.351 e. The van der Waals surface area contributed by atoms with Crippen molar-refractivity contribution in [2.45, 2.75) is 13.3 Å². The number of rotatable bonds is 8. The molecule has 1 rings (SSSR count). The summed E-state index contributed by atoms with van der Waals surface area (Å²) in [6, 6.07) is 1.60. The Labute approximate surface area is 136 Å². The Morgan fingerprint density at radius 2 is 1.91 bits per heavy atom. The standard InChI is InChI=1S/C15H25N5O3/c1-11(21)17-9-14(22)18-12-8-13(20(4)10-12)15(23)16-6-5-7-19(2)3/h8,10H,5-7,9H2,1-4H3,(H,16,23)(H,17,21)(H,18,22). The Morgan fingerprint density at radius 1 is 1.22 bits per heavy atom. The highest BCUT2D eigenvalue weighted by atomic mass is 16.2. The predicted molar refractivity (Wildman–Crippen MR) is 88.2 cm³/mol. The summed E-state index contributed by atoms with van der Waals surface area (Å²) in [7, 11) is 5.70. The zero-order valence-corrected chi connectivity index (χ0v) is 14.1. The van der Waals surface area contributed by atoms with Crippen LogP contribution in [0, 0.1) is 0 Å². The highest BCUT2D eigenvalue weighted by molar-refractivity contribution is 5.97. The molecule has 0 bridgehead atoms. The van der Waals surface area contributed by atoms with Crippen LogP contribution >= 0.6 is 0 Å². The summed E-state index contributed by atoms with van der Waals surface area (Å²) in [6.07, 6.45) is 2.52. The van der Waals surface area contributed by atoms with E-state index in [0.29, 0.717) is 17.9 Å². The smallest absolute Gasteiger partial charge is 0.267 e. The van der Waals surface area contributed by atoms with Crippen LogP contribution in [0.5, 0.6) is 0 Å². The zero-order valence-electron chi connectivity index (χ0n) is 14.1. The molecule has 0 aliphatic rings. The molecule has 8 heteroatoms. The molecule has 0 aliphatic carbocycles. The highest BCUT2D eigenvalue weighted by Crippen LogP contribution is 2.12. The van der Waals surface area contributed by atoms with E-state index in [1.54, 1.807) is 23.9 Å². The van der Waals surface area contributed by atoms with Gasteiger partial charge in [0, 0.05) is 26.7 Å². The molecule has 1 heterocycles. The first-order valence-electron chi connectivity index (χ1n) is 7.43. The molecule has 1 aromatic heterocycles. The van der Waals surface area contributed by atoms with Gasteiger partial charge >= 0.3 is 0 Å². The van der Waals surface area contributed by atoms with Gasteiger partial charge in [0.15, 0.2) is 0 Å². The Morgan fingerprint density at radius 3 is 2.52 bits per heavy atom. The average molecular weight is 323 g/mol. The topological polar surface area (TPSA) is 95.5 Å². The van der Waals surface area contributed by atoms with Gasteiger partial charge in [0.25, 0.3) is 5.91 Å². The van der Waals surface area contributed by atoms with Crippen molar-refractivity contribution in [2.24, 2.45) is 7.05 Å². The summed E-state index contributed by atoms with van der Waals surface area (Å²) in [5, 5.41) is 7.89. The fourth-order valence-electron chi connectivity index (χ4n) is 1.96. The van der Waals surface area contributed by atoms with E-state index in [-0.39, 0.29) is 24.3 Å². The first kappa shape index (κ1) is 18.7. The summed E-state index contributed by atoms with van der Waals surface area (Å²) < 4.78 is 1.65. The van der Waals surface area contributed by atoms with E-state index >= 15 is 0 Å². The second-order valence-corrected chi connectivity index (χ2v) is 5.60. The predicted octanol–water partition coefficient (Wildman–Crippen LogP) is -0.219. The second kappa shape index (κ2) is 8.94. The van der Waals surface area contributed by atoms with Crippen molar-refractivity contribution >= 4 is 23.4 Å². The molecule has 128 valence electrons. The van der Waals surface area contributed by atoms with Gasteiger partial charge in [0.2, 0.25) is 11.8 Å². The normalized spacial score (nSPS) is 10.5. The lowest BCUT2D eigenvalue weighted by Gasteiger charge is -2.10. The zero-order chi connectivity index (χ0) is 17.4. The molecule has 23 heavy (non-hydrogen) atoms. The fraction of sp³-hybridized carbons (Fsp3) is 0.533. The third-order valence-corrected chi connectivity index (χ3v) is 3.09. The van der Waals surface area contributed by atoms with Crippen molar-refractivity contribution in [3.8, 4) is 0 Å². The number of hydrogen-bond acceptors (Lipinski definition) is 4. The van der Waals surface area contributed by atoms with Gasteiger partial charge in [-0.3, -0.25) is 14.4 Å². The number of nitrogens with one attached hydrogen (secondary N) is 3. The Kier molecular flexibility index (Phi) is 7.27. The van der Waals surface area contributed by atoms with E-state index in [1.165, 1.54) is 6.92 Å². The van der Waals surface area contributed by atoms with E-state index < -0.39 is 0 Å². The molecule has 0 atom stereocenters. The van der Waals surface area contributed by atoms with Gasteiger partial charge in [0.1, 0.15) is 5.69 Å². The number of anilines is 1. The second-order valence-electron chi connectivity index (χ2n) is 5.60. The number of carbonyl (C=O) groups excluding carboxylic acids is 3. The monoisotopic (exact) mass is 323 g/mol. The number of hydrogen-bond donors (Lipinski definition) is 3. The van der Waals surface area contributed by atoms with Crippen molar-refractivity contribution < 1.29 is 14.4 Å². The number of carbonyl (C=O) groups is 3. The van der Waals surface area contributed by atoms with E-state index in [9.17, 15) is 14.4 Å². The van der Waals surface area contributed by atoms with Gasteiger partial charge in [-0.15, -0.1) is 0 Å². The van der Waals surface area contributed by atoms with Crippen molar-refractivity contribution in [3.63, 3.8) is 0 Å². The third-order valence-electron chi connectivity index (χ3n) is 3.09. The molecular formula is C15H25N5O3. The molecule has 1 aromatic rings. The van der Waals surface area contributed by atoms with Gasteiger partial charge in [-0.2, -0.15) is 0 Å². The molecule has 0 fully saturated rings. The van der Waals surface area contributed by atoms with E-state index in [2.05, 4.69) is 20.9 Å². The molecule has 0 saturated heterocycles. The Bertz CT molecular complexity index is 565. The van der Waals surface area contributed by atoms with Crippen LogP contribution in [0.15, 0.2) is 12.3 Å². The number of nitrogens with zero attached hydrogens (tertiary/aromatic N) is 2. The van der Waals surface area contributed by atoms with E-state index in [4.69, 9.17) is 0 Å². The number of aromatic nitrogens is 1. The van der Waals surface area contributed by atoms with Gasteiger partial charge in [-0.05, 0) is 33.1 Å². The molecule has 0 saturated carbocycles.